The Morgan fingerprint density at radius 1 is 1.27 bits per heavy atom. The predicted molar refractivity (Wildman–Crippen MR) is 96.6 cm³/mol. The van der Waals surface area contributed by atoms with E-state index in [4.69, 9.17) is 4.42 Å². The lowest BCUT2D eigenvalue weighted by Crippen LogP contribution is -2.31. The molecule has 0 bridgehead atoms. The highest BCUT2D eigenvalue weighted by atomic mass is 32.2. The number of azo groups is 1. The molecule has 0 aliphatic carbocycles. The van der Waals surface area contributed by atoms with E-state index in [1.807, 2.05) is 4.90 Å². The van der Waals surface area contributed by atoms with Crippen LogP contribution in [0.15, 0.2) is 26.9 Å². The Hall–Kier alpha value is -3.23. The maximum absolute atomic E-state index is 13.0. The van der Waals surface area contributed by atoms with Crippen molar-refractivity contribution in [1.29, 1.82) is 0 Å². The average Bonchev–Trinajstić information content (AvgIpc) is 3.30. The number of anilines is 2. The number of sulfonamides is 1. The number of nitrogens with one attached hydrogen (secondary N) is 1. The van der Waals surface area contributed by atoms with Crippen molar-refractivity contribution in [2.45, 2.75) is 24.8 Å². The summed E-state index contributed by atoms with van der Waals surface area (Å²) in [5, 5.41) is 18.0. The Balaban J connectivity index is 1.81. The molecule has 0 atom stereocenters. The molecule has 15 heteroatoms. The summed E-state index contributed by atoms with van der Waals surface area (Å²) in [4.78, 5) is 15.3. The summed E-state index contributed by atoms with van der Waals surface area (Å²) < 4.78 is 68.8. The van der Waals surface area contributed by atoms with Gasteiger partial charge in [0, 0.05) is 24.3 Å². The average molecular weight is 446 g/mol. The number of alkyl halides is 3. The van der Waals surface area contributed by atoms with Crippen LogP contribution in [0.1, 0.15) is 17.5 Å². The van der Waals surface area contributed by atoms with Crippen LogP contribution in [0, 0.1) is 10.1 Å². The summed E-state index contributed by atoms with van der Waals surface area (Å²) in [5.74, 6) is -0.693. The maximum atomic E-state index is 13.0. The molecule has 0 fully saturated rings. The van der Waals surface area contributed by atoms with Crippen molar-refractivity contribution in [3.8, 4) is 0 Å². The van der Waals surface area contributed by atoms with E-state index in [-0.39, 0.29) is 11.4 Å². The highest BCUT2D eigenvalue weighted by Gasteiger charge is 2.47. The summed E-state index contributed by atoms with van der Waals surface area (Å²) >= 11 is 0. The number of rotatable bonds is 5. The van der Waals surface area contributed by atoms with Gasteiger partial charge in [-0.1, -0.05) is 5.11 Å². The molecular weight excluding hydrogens is 433 g/mol. The second-order valence-corrected chi connectivity index (χ2v) is 8.26. The highest BCUT2D eigenvalue weighted by Crippen LogP contribution is 2.46. The molecule has 2 aliphatic rings. The van der Waals surface area contributed by atoms with Crippen molar-refractivity contribution in [2.24, 2.45) is 10.2 Å². The van der Waals surface area contributed by atoms with E-state index in [2.05, 4.69) is 15.2 Å². The fourth-order valence-electron chi connectivity index (χ4n) is 3.51. The van der Waals surface area contributed by atoms with Crippen molar-refractivity contribution in [3.63, 3.8) is 0 Å². The van der Waals surface area contributed by atoms with Crippen LogP contribution in [0.5, 0.6) is 0 Å². The Morgan fingerprint density at radius 3 is 2.70 bits per heavy atom. The highest BCUT2D eigenvalue weighted by molar-refractivity contribution is 7.93. The SMILES string of the molecule is O=[N+]([O-])c1cnc(N=Nc2cc3c4c(c2NS(=O)(=O)C(F)(F)F)CCCN4CC3)o1. The summed E-state index contributed by atoms with van der Waals surface area (Å²) in [5.41, 5.74) is -4.12. The molecule has 0 saturated carbocycles. The molecule has 2 aliphatic heterocycles. The number of hydrogen-bond acceptors (Lipinski definition) is 9. The van der Waals surface area contributed by atoms with Gasteiger partial charge in [-0.15, -0.1) is 5.11 Å². The van der Waals surface area contributed by atoms with Crippen LogP contribution in [0.3, 0.4) is 0 Å². The number of hydrogen-bond donors (Lipinski definition) is 1. The van der Waals surface area contributed by atoms with Crippen molar-refractivity contribution in [3.05, 3.63) is 33.5 Å². The lowest BCUT2D eigenvalue weighted by Gasteiger charge is -2.29. The van der Waals surface area contributed by atoms with Gasteiger partial charge in [-0.3, -0.25) is 14.8 Å². The fraction of sp³-hybridized carbons (Fsp3) is 0.400. The standard InChI is InChI=1S/C15H13F3N6O5S/c16-15(17,18)30(27,28)22-12-9-2-1-4-23-5-3-8(13(9)23)6-10(12)20-21-14-19-7-11(29-14)24(25)26/h6-7,22H,1-5H2. The van der Waals surface area contributed by atoms with E-state index in [0.29, 0.717) is 43.6 Å². The van der Waals surface area contributed by atoms with E-state index in [1.165, 1.54) is 6.07 Å². The van der Waals surface area contributed by atoms with Crippen LogP contribution in [-0.4, -0.2) is 36.9 Å². The van der Waals surface area contributed by atoms with Gasteiger partial charge in [0.15, 0.2) is 6.20 Å². The zero-order valence-corrected chi connectivity index (χ0v) is 15.8. The van der Waals surface area contributed by atoms with Crippen molar-refractivity contribution in [2.75, 3.05) is 22.7 Å². The first-order chi connectivity index (χ1) is 14.1. The molecule has 0 amide bonds. The molecule has 3 heterocycles. The van der Waals surface area contributed by atoms with Gasteiger partial charge < -0.3 is 9.32 Å². The van der Waals surface area contributed by atoms with Crippen LogP contribution in [-0.2, 0) is 22.9 Å². The largest absolute Gasteiger partial charge is 0.516 e. The molecule has 0 spiro atoms. The molecule has 0 radical (unpaired) electrons. The molecule has 0 unspecified atom stereocenters. The zero-order chi connectivity index (χ0) is 21.7. The second kappa shape index (κ2) is 6.93. The van der Waals surface area contributed by atoms with E-state index in [1.54, 1.807) is 4.72 Å². The second-order valence-electron chi connectivity index (χ2n) is 6.59. The smallest absolute Gasteiger partial charge is 0.371 e. The zero-order valence-electron chi connectivity index (χ0n) is 15.0. The van der Waals surface area contributed by atoms with Crippen LogP contribution in [0.25, 0.3) is 0 Å². The van der Waals surface area contributed by atoms with E-state index >= 15 is 0 Å². The van der Waals surface area contributed by atoms with E-state index < -0.39 is 32.4 Å². The van der Waals surface area contributed by atoms with Gasteiger partial charge in [0.1, 0.15) is 10.6 Å². The lowest BCUT2D eigenvalue weighted by atomic mass is 9.97. The van der Waals surface area contributed by atoms with Gasteiger partial charge in [0.2, 0.25) is 0 Å². The van der Waals surface area contributed by atoms with Crippen molar-refractivity contribution < 1.29 is 30.9 Å². The molecule has 1 aromatic carbocycles. The number of oxazole rings is 1. The van der Waals surface area contributed by atoms with Gasteiger partial charge in [-0.25, -0.2) is 0 Å². The third kappa shape index (κ3) is 3.44. The molecule has 1 aromatic heterocycles. The van der Waals surface area contributed by atoms with Crippen LogP contribution < -0.4 is 9.62 Å². The molecule has 1 N–H and O–H groups in total. The molecule has 30 heavy (non-hydrogen) atoms. The van der Waals surface area contributed by atoms with Crippen LogP contribution in [0.2, 0.25) is 0 Å². The number of halogens is 3. The molecule has 2 aromatic rings. The molecule has 4 rings (SSSR count). The van der Waals surface area contributed by atoms with Gasteiger partial charge in [-0.05, 0) is 30.9 Å². The monoisotopic (exact) mass is 446 g/mol. The minimum Gasteiger partial charge on any atom is -0.371 e. The predicted octanol–water partition coefficient (Wildman–Crippen LogP) is 3.57. The molecule has 0 saturated heterocycles. The number of nitro groups is 1. The third-order valence-corrected chi connectivity index (χ3v) is 5.81. The lowest BCUT2D eigenvalue weighted by molar-refractivity contribution is -0.401. The first kappa shape index (κ1) is 20.1. The molecule has 11 nitrogen and oxygen atoms in total. The number of nitrogens with zero attached hydrogens (tertiary/aromatic N) is 5. The maximum Gasteiger partial charge on any atom is 0.516 e. The first-order valence-electron chi connectivity index (χ1n) is 8.61. The Kier molecular flexibility index (Phi) is 4.63. The fourth-order valence-corrected chi connectivity index (χ4v) is 4.12. The third-order valence-electron chi connectivity index (χ3n) is 4.73. The topological polar surface area (TPSA) is 143 Å². The minimum absolute atomic E-state index is 0.166. The van der Waals surface area contributed by atoms with Gasteiger partial charge in [0.05, 0.1) is 5.69 Å². The molecule has 160 valence electrons. The van der Waals surface area contributed by atoms with Crippen LogP contribution in [0.4, 0.5) is 42.1 Å². The van der Waals surface area contributed by atoms with E-state index in [0.717, 1.165) is 11.8 Å². The quantitative estimate of drug-likeness (QED) is 0.420. The summed E-state index contributed by atoms with van der Waals surface area (Å²) in [6.45, 7) is 1.37. The summed E-state index contributed by atoms with van der Waals surface area (Å²) in [6, 6.07) is 0.946. The Morgan fingerprint density at radius 2 is 2.03 bits per heavy atom. The normalized spacial score (nSPS) is 16.2. The van der Waals surface area contributed by atoms with Gasteiger partial charge >= 0.3 is 27.4 Å². The first-order valence-corrected chi connectivity index (χ1v) is 10.1. The Bertz CT molecular complexity index is 1160. The summed E-state index contributed by atoms with van der Waals surface area (Å²) in [6.07, 6.45) is 2.38. The number of aromatic nitrogens is 1. The Labute approximate surface area is 166 Å². The van der Waals surface area contributed by atoms with Crippen molar-refractivity contribution in [1.82, 2.24) is 4.98 Å². The van der Waals surface area contributed by atoms with Crippen LogP contribution >= 0.6 is 0 Å². The van der Waals surface area contributed by atoms with E-state index in [9.17, 15) is 31.7 Å². The van der Waals surface area contributed by atoms with Crippen molar-refractivity contribution >= 4 is 39.0 Å². The molecular formula is C15H13F3N6O5S. The minimum atomic E-state index is -5.71. The number of benzene rings is 1. The van der Waals surface area contributed by atoms with Gasteiger partial charge in [-0.2, -0.15) is 26.6 Å². The van der Waals surface area contributed by atoms with Gasteiger partial charge in [0.25, 0.3) is 0 Å². The summed E-state index contributed by atoms with van der Waals surface area (Å²) in [7, 11) is -5.71.